The molecule has 132 valence electrons. The van der Waals surface area contributed by atoms with Crippen LogP contribution in [0.25, 0.3) is 10.9 Å². The Bertz CT molecular complexity index is 852. The summed E-state index contributed by atoms with van der Waals surface area (Å²) >= 11 is 1.45. The molecule has 1 aliphatic rings. The number of nitrogens with zero attached hydrogens (tertiary/aromatic N) is 4. The average molecular weight is 358 g/mol. The van der Waals surface area contributed by atoms with E-state index in [0.717, 1.165) is 42.6 Å². The lowest BCUT2D eigenvalue weighted by atomic mass is 10.1. The average Bonchev–Trinajstić information content (AvgIpc) is 3.24. The standard InChI is InChI=1S/C18H22N4O2S/c1-21-9-8-14-15(21)4-3-5-16(14)24-13-6-10-22(11-7-13)18-19-17(12-23-2)20-25-18/h3-5,8-9,13H,6-7,10-12H2,1-2H3. The lowest BCUT2D eigenvalue weighted by Gasteiger charge is -2.31. The van der Waals surface area contributed by atoms with E-state index in [0.29, 0.717) is 6.61 Å². The van der Waals surface area contributed by atoms with Crippen molar-refractivity contribution < 1.29 is 9.47 Å². The van der Waals surface area contributed by atoms with Gasteiger partial charge in [-0.2, -0.15) is 4.37 Å². The van der Waals surface area contributed by atoms with Crippen molar-refractivity contribution in [1.29, 1.82) is 0 Å². The van der Waals surface area contributed by atoms with Crippen LogP contribution in [0.3, 0.4) is 0 Å². The van der Waals surface area contributed by atoms with Gasteiger partial charge < -0.3 is 18.9 Å². The molecule has 0 aliphatic carbocycles. The second kappa shape index (κ2) is 7.01. The number of benzene rings is 1. The molecule has 0 atom stereocenters. The number of piperidine rings is 1. The number of ether oxygens (including phenoxy) is 2. The van der Waals surface area contributed by atoms with Gasteiger partial charge in [-0.25, -0.2) is 4.98 Å². The predicted octanol–water partition coefficient (Wildman–Crippen LogP) is 3.22. The Morgan fingerprint density at radius 2 is 2.08 bits per heavy atom. The SMILES string of the molecule is COCc1nsc(N2CCC(Oc3cccc4c3ccn4C)CC2)n1. The van der Waals surface area contributed by atoms with Gasteiger partial charge in [0.25, 0.3) is 0 Å². The first kappa shape index (κ1) is 16.4. The van der Waals surface area contributed by atoms with E-state index >= 15 is 0 Å². The molecule has 0 saturated carbocycles. The second-order valence-corrected chi connectivity index (χ2v) is 7.08. The summed E-state index contributed by atoms with van der Waals surface area (Å²) in [6.07, 6.45) is 4.30. The highest BCUT2D eigenvalue weighted by atomic mass is 32.1. The third-order valence-electron chi connectivity index (χ3n) is 4.62. The fourth-order valence-electron chi connectivity index (χ4n) is 3.28. The lowest BCUT2D eigenvalue weighted by Crippen LogP contribution is -2.38. The van der Waals surface area contributed by atoms with Crippen molar-refractivity contribution in [2.45, 2.75) is 25.6 Å². The highest BCUT2D eigenvalue weighted by Gasteiger charge is 2.23. The fourth-order valence-corrected chi connectivity index (χ4v) is 4.01. The molecule has 7 heteroatoms. The minimum atomic E-state index is 0.244. The number of aryl methyl sites for hydroxylation is 1. The van der Waals surface area contributed by atoms with Crippen molar-refractivity contribution in [3.05, 3.63) is 36.3 Å². The Kier molecular flexibility index (Phi) is 4.59. The van der Waals surface area contributed by atoms with Gasteiger partial charge in [0.1, 0.15) is 18.5 Å². The molecule has 1 aliphatic heterocycles. The van der Waals surface area contributed by atoms with Crippen LogP contribution in [-0.2, 0) is 18.4 Å². The van der Waals surface area contributed by atoms with E-state index in [4.69, 9.17) is 9.47 Å². The van der Waals surface area contributed by atoms with Crippen LogP contribution in [0.4, 0.5) is 5.13 Å². The number of methoxy groups -OCH3 is 1. The number of hydrogen-bond donors (Lipinski definition) is 0. The van der Waals surface area contributed by atoms with Gasteiger partial charge >= 0.3 is 0 Å². The van der Waals surface area contributed by atoms with Gasteiger partial charge in [-0.1, -0.05) is 6.07 Å². The topological polar surface area (TPSA) is 52.4 Å². The number of aromatic nitrogens is 3. The third-order valence-corrected chi connectivity index (χ3v) is 5.44. The molecule has 2 aromatic heterocycles. The highest BCUT2D eigenvalue weighted by Crippen LogP contribution is 2.29. The molecule has 4 rings (SSSR count). The zero-order valence-corrected chi connectivity index (χ0v) is 15.3. The molecule has 1 aromatic carbocycles. The largest absolute Gasteiger partial charge is 0.490 e. The van der Waals surface area contributed by atoms with E-state index in [2.05, 4.69) is 56.3 Å². The van der Waals surface area contributed by atoms with Crippen molar-refractivity contribution in [2.75, 3.05) is 25.1 Å². The Morgan fingerprint density at radius 3 is 2.88 bits per heavy atom. The highest BCUT2D eigenvalue weighted by molar-refractivity contribution is 7.09. The van der Waals surface area contributed by atoms with E-state index in [1.54, 1.807) is 7.11 Å². The van der Waals surface area contributed by atoms with Gasteiger partial charge in [0.15, 0.2) is 5.82 Å². The van der Waals surface area contributed by atoms with Crippen molar-refractivity contribution in [2.24, 2.45) is 7.05 Å². The zero-order valence-electron chi connectivity index (χ0n) is 14.5. The zero-order chi connectivity index (χ0) is 17.2. The quantitative estimate of drug-likeness (QED) is 0.701. The van der Waals surface area contributed by atoms with E-state index in [-0.39, 0.29) is 6.10 Å². The van der Waals surface area contributed by atoms with Crippen LogP contribution in [0.15, 0.2) is 30.5 Å². The number of anilines is 1. The molecule has 0 radical (unpaired) electrons. The fraction of sp³-hybridized carbons (Fsp3) is 0.444. The lowest BCUT2D eigenvalue weighted by molar-refractivity contribution is 0.172. The van der Waals surface area contributed by atoms with E-state index in [9.17, 15) is 0 Å². The minimum Gasteiger partial charge on any atom is -0.490 e. The molecule has 3 aromatic rings. The molecular weight excluding hydrogens is 336 g/mol. The number of rotatable bonds is 5. The second-order valence-electron chi connectivity index (χ2n) is 6.35. The van der Waals surface area contributed by atoms with Crippen molar-refractivity contribution in [3.8, 4) is 5.75 Å². The summed E-state index contributed by atoms with van der Waals surface area (Å²) in [5.41, 5.74) is 1.20. The maximum absolute atomic E-state index is 6.32. The van der Waals surface area contributed by atoms with E-state index < -0.39 is 0 Å². The van der Waals surface area contributed by atoms with Crippen LogP contribution in [0, 0.1) is 0 Å². The molecule has 0 spiro atoms. The molecule has 0 bridgehead atoms. The molecule has 6 nitrogen and oxygen atoms in total. The molecule has 3 heterocycles. The monoisotopic (exact) mass is 358 g/mol. The van der Waals surface area contributed by atoms with Gasteiger partial charge in [0.2, 0.25) is 5.13 Å². The Morgan fingerprint density at radius 1 is 1.24 bits per heavy atom. The summed E-state index contributed by atoms with van der Waals surface area (Å²) < 4.78 is 17.9. The molecule has 1 fully saturated rings. The van der Waals surface area contributed by atoms with Gasteiger partial charge in [-0.3, -0.25) is 0 Å². The maximum atomic E-state index is 6.32. The van der Waals surface area contributed by atoms with Crippen molar-refractivity contribution in [1.82, 2.24) is 13.9 Å². The van der Waals surface area contributed by atoms with Crippen LogP contribution in [0.5, 0.6) is 5.75 Å². The summed E-state index contributed by atoms with van der Waals surface area (Å²) in [5, 5.41) is 2.16. The van der Waals surface area contributed by atoms with Crippen LogP contribution in [0.1, 0.15) is 18.7 Å². The van der Waals surface area contributed by atoms with Gasteiger partial charge in [0, 0.05) is 63.2 Å². The molecular formula is C18H22N4O2S. The Balaban J connectivity index is 1.40. The smallest absolute Gasteiger partial charge is 0.205 e. The van der Waals surface area contributed by atoms with Crippen LogP contribution < -0.4 is 9.64 Å². The van der Waals surface area contributed by atoms with Crippen LogP contribution in [0.2, 0.25) is 0 Å². The first-order chi connectivity index (χ1) is 12.2. The van der Waals surface area contributed by atoms with E-state index in [1.807, 2.05) is 0 Å². The summed E-state index contributed by atoms with van der Waals surface area (Å²) in [5.74, 6) is 1.74. The summed E-state index contributed by atoms with van der Waals surface area (Å²) in [6.45, 7) is 2.35. The first-order valence-electron chi connectivity index (χ1n) is 8.52. The van der Waals surface area contributed by atoms with Gasteiger partial charge in [-0.05, 0) is 18.2 Å². The Labute approximate surface area is 151 Å². The van der Waals surface area contributed by atoms with Crippen LogP contribution in [-0.4, -0.2) is 40.2 Å². The maximum Gasteiger partial charge on any atom is 0.205 e. The first-order valence-corrected chi connectivity index (χ1v) is 9.29. The van der Waals surface area contributed by atoms with Crippen molar-refractivity contribution in [3.63, 3.8) is 0 Å². The molecule has 0 unspecified atom stereocenters. The third kappa shape index (κ3) is 3.34. The summed E-state index contributed by atoms with van der Waals surface area (Å²) in [7, 11) is 3.72. The normalized spacial score (nSPS) is 15.8. The van der Waals surface area contributed by atoms with Gasteiger partial charge in [-0.15, -0.1) is 0 Å². The summed E-state index contributed by atoms with van der Waals surface area (Å²) in [6, 6.07) is 8.37. The molecule has 1 saturated heterocycles. The molecule has 0 amide bonds. The molecule has 25 heavy (non-hydrogen) atoms. The van der Waals surface area contributed by atoms with Crippen molar-refractivity contribution >= 4 is 27.6 Å². The Hall–Kier alpha value is -2.12. The van der Waals surface area contributed by atoms with Gasteiger partial charge in [0.05, 0.1) is 5.52 Å². The summed E-state index contributed by atoms with van der Waals surface area (Å²) in [4.78, 5) is 6.83. The number of hydrogen-bond acceptors (Lipinski definition) is 6. The minimum absolute atomic E-state index is 0.244. The van der Waals surface area contributed by atoms with E-state index in [1.165, 1.54) is 22.4 Å². The predicted molar refractivity (Wildman–Crippen MR) is 99.4 cm³/mol. The molecule has 0 N–H and O–H groups in total. The van der Waals surface area contributed by atoms with Crippen LogP contribution >= 0.6 is 11.5 Å². The number of fused-ring (bicyclic) bond motifs is 1.